The van der Waals surface area contributed by atoms with E-state index in [-0.39, 0.29) is 29.4 Å². The molecule has 238 valence electrons. The number of likely N-dealkylation sites (tertiary alicyclic amines) is 1. The van der Waals surface area contributed by atoms with Gasteiger partial charge in [-0.1, -0.05) is 23.7 Å². The second-order valence-corrected chi connectivity index (χ2v) is 12.5. The highest BCUT2D eigenvalue weighted by atomic mass is 35.5. The average molecular weight is 647 g/mol. The van der Waals surface area contributed by atoms with Gasteiger partial charge >= 0.3 is 5.97 Å². The number of hydrogen-bond acceptors (Lipinski definition) is 6. The van der Waals surface area contributed by atoms with Crippen molar-refractivity contribution >= 4 is 34.7 Å². The van der Waals surface area contributed by atoms with E-state index in [2.05, 4.69) is 11.0 Å². The summed E-state index contributed by atoms with van der Waals surface area (Å²) in [4.78, 5) is 18.0. The number of rotatable bonds is 12. The lowest BCUT2D eigenvalue weighted by atomic mass is 10.0. The lowest BCUT2D eigenvalue weighted by Gasteiger charge is -2.32. The number of carboxylic acids is 1. The molecule has 0 radical (unpaired) electrons. The molecule has 1 aliphatic carbocycles. The Morgan fingerprint density at radius 3 is 2.65 bits per heavy atom. The maximum Gasteiger partial charge on any atom is 0.328 e. The number of imidazole rings is 1. The molecule has 11 heteroatoms. The molecule has 1 N–H and O–H groups in total. The highest BCUT2D eigenvalue weighted by molar-refractivity contribution is 6.30. The van der Waals surface area contributed by atoms with Crippen LogP contribution in [0.25, 0.3) is 17.1 Å². The molecule has 2 aliphatic rings. The Labute approximate surface area is 270 Å². The molecular weight excluding hydrogens is 614 g/mol. The second kappa shape index (κ2) is 13.5. The van der Waals surface area contributed by atoms with Gasteiger partial charge in [0.05, 0.1) is 18.1 Å². The lowest BCUT2D eigenvalue weighted by molar-refractivity contribution is -0.131. The molecular formula is C35H33ClF2N4O4. The number of nitrogens with zero attached hydrogens (tertiary/aromatic N) is 4. The number of hydrogen-bond donors (Lipinski definition) is 1. The lowest BCUT2D eigenvalue weighted by Crippen LogP contribution is -2.38. The number of aromatic nitrogens is 2. The quantitative estimate of drug-likeness (QED) is 0.160. The summed E-state index contributed by atoms with van der Waals surface area (Å²) in [6, 6.07) is 17.2. The summed E-state index contributed by atoms with van der Waals surface area (Å²) in [5.41, 5.74) is 1.99. The summed E-state index contributed by atoms with van der Waals surface area (Å²) in [6.45, 7) is 2.76. The average Bonchev–Trinajstić information content (AvgIpc) is 3.71. The molecule has 4 aromatic rings. The van der Waals surface area contributed by atoms with Gasteiger partial charge in [0.15, 0.2) is 17.4 Å². The SMILES string of the molecule is N#CCC1(Cn2c(CN3CCC(Oc4cccc(COc5ccc(Cl)cc5F)c4)CC3)nc3c(F)cc(/C=C/C(=O)O)cc32)CC1. The minimum absolute atomic E-state index is 0.00586. The van der Waals surface area contributed by atoms with Gasteiger partial charge in [-0.05, 0) is 85.4 Å². The van der Waals surface area contributed by atoms with E-state index < -0.39 is 17.6 Å². The van der Waals surface area contributed by atoms with Gasteiger partial charge in [-0.3, -0.25) is 4.90 Å². The van der Waals surface area contributed by atoms with E-state index in [0.717, 1.165) is 56.2 Å². The van der Waals surface area contributed by atoms with Crippen molar-refractivity contribution in [1.29, 1.82) is 5.26 Å². The summed E-state index contributed by atoms with van der Waals surface area (Å²) in [5.74, 6) is -0.562. The fraction of sp³-hybridized carbons (Fsp3) is 0.343. The van der Waals surface area contributed by atoms with Crippen LogP contribution in [0.4, 0.5) is 8.78 Å². The molecule has 0 amide bonds. The molecule has 2 heterocycles. The topological polar surface area (TPSA) is 101 Å². The Morgan fingerprint density at radius 2 is 1.93 bits per heavy atom. The largest absolute Gasteiger partial charge is 0.490 e. The number of benzene rings is 3. The normalized spacial score (nSPS) is 16.5. The number of carbonyl (C=O) groups is 1. The highest BCUT2D eigenvalue weighted by Gasteiger charge is 2.43. The van der Waals surface area contributed by atoms with Crippen molar-refractivity contribution in [2.75, 3.05) is 13.1 Å². The van der Waals surface area contributed by atoms with Gasteiger partial charge in [0.25, 0.3) is 0 Å². The van der Waals surface area contributed by atoms with Gasteiger partial charge in [-0.15, -0.1) is 0 Å². The summed E-state index contributed by atoms with van der Waals surface area (Å²) in [5, 5.41) is 18.8. The molecule has 3 aromatic carbocycles. The Kier molecular flexibility index (Phi) is 9.24. The van der Waals surface area contributed by atoms with Gasteiger partial charge in [-0.2, -0.15) is 5.26 Å². The van der Waals surface area contributed by atoms with Crippen LogP contribution in [0, 0.1) is 28.4 Å². The van der Waals surface area contributed by atoms with E-state index in [9.17, 15) is 14.4 Å². The zero-order valence-corrected chi connectivity index (χ0v) is 25.8. The first-order valence-electron chi connectivity index (χ1n) is 15.2. The molecule has 0 atom stereocenters. The first-order valence-corrected chi connectivity index (χ1v) is 15.6. The van der Waals surface area contributed by atoms with Gasteiger partial charge < -0.3 is 19.1 Å². The third kappa shape index (κ3) is 7.49. The molecule has 2 fully saturated rings. The first kappa shape index (κ1) is 31.5. The van der Waals surface area contributed by atoms with Gasteiger partial charge in [-0.25, -0.2) is 18.6 Å². The Bertz CT molecular complexity index is 1820. The number of nitriles is 1. The number of ether oxygens (including phenoxy) is 2. The van der Waals surface area contributed by atoms with Crippen LogP contribution in [0.15, 0.2) is 60.7 Å². The van der Waals surface area contributed by atoms with Crippen LogP contribution in [0.2, 0.25) is 5.02 Å². The summed E-state index contributed by atoms with van der Waals surface area (Å²) in [6.07, 6.45) is 6.20. The van der Waals surface area contributed by atoms with E-state index in [1.807, 2.05) is 28.8 Å². The molecule has 0 bridgehead atoms. The molecule has 1 saturated heterocycles. The van der Waals surface area contributed by atoms with Crippen molar-refractivity contribution < 1.29 is 28.2 Å². The zero-order valence-electron chi connectivity index (χ0n) is 25.1. The van der Waals surface area contributed by atoms with Crippen LogP contribution in [0.5, 0.6) is 11.5 Å². The van der Waals surface area contributed by atoms with E-state index in [0.29, 0.717) is 41.4 Å². The van der Waals surface area contributed by atoms with Crippen LogP contribution in [0.1, 0.15) is 49.1 Å². The summed E-state index contributed by atoms with van der Waals surface area (Å²) >= 11 is 5.83. The molecule has 1 aromatic heterocycles. The number of halogens is 3. The predicted molar refractivity (Wildman–Crippen MR) is 169 cm³/mol. The Morgan fingerprint density at radius 1 is 1.13 bits per heavy atom. The van der Waals surface area contributed by atoms with E-state index in [1.165, 1.54) is 24.3 Å². The van der Waals surface area contributed by atoms with Crippen LogP contribution in [0.3, 0.4) is 0 Å². The smallest absolute Gasteiger partial charge is 0.328 e. The zero-order chi connectivity index (χ0) is 32.3. The minimum Gasteiger partial charge on any atom is -0.490 e. The van der Waals surface area contributed by atoms with Crippen molar-refractivity contribution in [3.8, 4) is 17.6 Å². The maximum absolute atomic E-state index is 15.2. The summed E-state index contributed by atoms with van der Waals surface area (Å²) < 4.78 is 43.3. The van der Waals surface area contributed by atoms with Crippen molar-refractivity contribution in [2.45, 2.75) is 57.9 Å². The van der Waals surface area contributed by atoms with Crippen LogP contribution < -0.4 is 9.47 Å². The standard InChI is InChI=1S/C35H33ClF2N4O4/c36-25-5-6-31(28(37)19-25)45-21-24-2-1-3-27(16-24)46-26-8-14-41(15-9-26)20-32-40-34-29(38)17-23(4-7-33(43)44)18-30(34)42(32)22-35(10-11-35)12-13-39/h1-7,16-19,26H,8-12,14-15,20-22H2,(H,43,44)/b7-4+. The van der Waals surface area contributed by atoms with Gasteiger partial charge in [0.1, 0.15) is 29.8 Å². The van der Waals surface area contributed by atoms with E-state index in [1.54, 1.807) is 12.1 Å². The third-order valence-corrected chi connectivity index (χ3v) is 8.86. The third-order valence-electron chi connectivity index (χ3n) is 8.62. The monoisotopic (exact) mass is 646 g/mol. The number of carboxylic acid groups (broad SMARTS) is 1. The van der Waals surface area contributed by atoms with Crippen LogP contribution >= 0.6 is 11.6 Å². The van der Waals surface area contributed by atoms with Crippen molar-refractivity contribution in [3.63, 3.8) is 0 Å². The van der Waals surface area contributed by atoms with Crippen LogP contribution in [-0.2, 0) is 24.5 Å². The molecule has 0 unspecified atom stereocenters. The molecule has 1 saturated carbocycles. The maximum atomic E-state index is 15.2. The van der Waals surface area contributed by atoms with E-state index >= 15 is 4.39 Å². The molecule has 6 rings (SSSR count). The van der Waals surface area contributed by atoms with Gasteiger partial charge in [0, 0.05) is 42.6 Å². The molecule has 8 nitrogen and oxygen atoms in total. The first-order chi connectivity index (χ1) is 22.2. The Balaban J connectivity index is 1.11. The second-order valence-electron chi connectivity index (χ2n) is 12.1. The number of fused-ring (bicyclic) bond motifs is 1. The van der Waals surface area contributed by atoms with E-state index in [4.69, 9.17) is 31.2 Å². The van der Waals surface area contributed by atoms with Crippen LogP contribution in [-0.4, -0.2) is 44.7 Å². The van der Waals surface area contributed by atoms with Gasteiger partial charge in [0.2, 0.25) is 0 Å². The fourth-order valence-electron chi connectivity index (χ4n) is 5.92. The molecule has 1 aliphatic heterocycles. The number of piperidine rings is 1. The molecule has 46 heavy (non-hydrogen) atoms. The summed E-state index contributed by atoms with van der Waals surface area (Å²) in [7, 11) is 0. The Hall–Kier alpha value is -4.46. The minimum atomic E-state index is -1.11. The highest BCUT2D eigenvalue weighted by Crippen LogP contribution is 2.50. The number of aliphatic carboxylic acids is 1. The predicted octanol–water partition coefficient (Wildman–Crippen LogP) is 7.38. The van der Waals surface area contributed by atoms with Crippen molar-refractivity contribution in [1.82, 2.24) is 14.5 Å². The molecule has 0 spiro atoms. The van der Waals surface area contributed by atoms with Crippen molar-refractivity contribution in [3.05, 3.63) is 94.3 Å². The fourth-order valence-corrected chi connectivity index (χ4v) is 6.08. The van der Waals surface area contributed by atoms with Crippen molar-refractivity contribution in [2.24, 2.45) is 5.41 Å².